The Hall–Kier alpha value is -0.180. The molecule has 1 rings (SSSR count). The number of nitrogens with zero attached hydrogens (tertiary/aromatic N) is 1. The van der Waals surface area contributed by atoms with Crippen molar-refractivity contribution < 1.29 is 4.79 Å². The number of hydrogen-bond donors (Lipinski definition) is 0. The highest BCUT2D eigenvalue weighted by molar-refractivity contribution is 7.59. The molecule has 1 aliphatic heterocycles. The van der Waals surface area contributed by atoms with E-state index in [9.17, 15) is 4.79 Å². The van der Waals surface area contributed by atoms with Gasteiger partial charge in [-0.2, -0.15) is 13.5 Å². The summed E-state index contributed by atoms with van der Waals surface area (Å²) in [5, 5.41) is 0. The number of carbonyl (C=O) groups is 1. The van der Waals surface area contributed by atoms with Gasteiger partial charge in [0.25, 0.3) is 0 Å². The molecule has 16 heavy (non-hydrogen) atoms. The molecule has 2 nitrogen and oxygen atoms in total. The third-order valence-electron chi connectivity index (χ3n) is 4.02. The van der Waals surface area contributed by atoms with Crippen LogP contribution in [0.3, 0.4) is 0 Å². The van der Waals surface area contributed by atoms with E-state index in [4.69, 9.17) is 0 Å². The summed E-state index contributed by atoms with van der Waals surface area (Å²) in [5.41, 5.74) is 0.228. The first-order valence-electron chi connectivity index (χ1n) is 6.13. The van der Waals surface area contributed by atoms with E-state index in [1.807, 2.05) is 0 Å². The Morgan fingerprint density at radius 1 is 1.38 bits per heavy atom. The first-order valence-corrected chi connectivity index (χ1v) is 6.13. The second-order valence-corrected chi connectivity index (χ2v) is 5.92. The summed E-state index contributed by atoms with van der Waals surface area (Å²) >= 11 is 0. The molecule has 0 unspecified atom stereocenters. The van der Waals surface area contributed by atoms with Gasteiger partial charge in [0.1, 0.15) is 0 Å². The second-order valence-electron chi connectivity index (χ2n) is 5.92. The van der Waals surface area contributed by atoms with Crippen LogP contribution in [-0.4, -0.2) is 22.9 Å². The minimum Gasteiger partial charge on any atom is -0.337 e. The highest BCUT2D eigenvalue weighted by Gasteiger charge is 2.47. The molecular weight excluding hydrogens is 218 g/mol. The van der Waals surface area contributed by atoms with E-state index in [0.717, 1.165) is 25.8 Å². The molecule has 1 heterocycles. The smallest absolute Gasteiger partial charge is 0.223 e. The summed E-state index contributed by atoms with van der Waals surface area (Å²) in [7, 11) is 0. The lowest BCUT2D eigenvalue weighted by Crippen LogP contribution is -2.53. The predicted molar refractivity (Wildman–Crippen MR) is 74.1 cm³/mol. The van der Waals surface area contributed by atoms with Gasteiger partial charge < -0.3 is 4.90 Å². The molecule has 0 aliphatic carbocycles. The molecule has 96 valence electrons. The van der Waals surface area contributed by atoms with Crippen molar-refractivity contribution >= 4 is 19.4 Å². The Bertz CT molecular complexity index is 247. The van der Waals surface area contributed by atoms with Gasteiger partial charge >= 0.3 is 0 Å². The van der Waals surface area contributed by atoms with Crippen LogP contribution in [0.4, 0.5) is 0 Å². The van der Waals surface area contributed by atoms with E-state index in [0.29, 0.717) is 12.3 Å². The van der Waals surface area contributed by atoms with E-state index in [1.165, 1.54) is 0 Å². The Labute approximate surface area is 107 Å². The molecule has 3 heteroatoms. The van der Waals surface area contributed by atoms with Crippen LogP contribution in [0.15, 0.2) is 0 Å². The molecular formula is C13H27NOS. The SMILES string of the molecule is CCCC(=O)N1CCC[C@@]1(C)C(C)(C)C.S. The van der Waals surface area contributed by atoms with Crippen LogP contribution >= 0.6 is 13.5 Å². The monoisotopic (exact) mass is 245 g/mol. The third kappa shape index (κ3) is 2.73. The van der Waals surface area contributed by atoms with Crippen molar-refractivity contribution in [2.45, 2.75) is 65.8 Å². The van der Waals surface area contributed by atoms with Crippen molar-refractivity contribution in [3.05, 3.63) is 0 Å². The molecule has 0 saturated carbocycles. The lowest BCUT2D eigenvalue weighted by Gasteiger charge is -2.46. The van der Waals surface area contributed by atoms with Gasteiger partial charge in [-0.3, -0.25) is 4.79 Å². The van der Waals surface area contributed by atoms with Crippen LogP contribution in [0.5, 0.6) is 0 Å². The summed E-state index contributed by atoms with van der Waals surface area (Å²) in [6.07, 6.45) is 3.95. The minimum absolute atomic E-state index is 0. The minimum atomic E-state index is 0. The van der Waals surface area contributed by atoms with Crippen molar-refractivity contribution in [2.24, 2.45) is 5.41 Å². The first-order chi connectivity index (χ1) is 6.83. The molecule has 0 aromatic carbocycles. The van der Waals surface area contributed by atoms with E-state index < -0.39 is 0 Å². The van der Waals surface area contributed by atoms with Gasteiger partial charge in [-0.25, -0.2) is 0 Å². The highest BCUT2D eigenvalue weighted by atomic mass is 32.1. The molecule has 1 amide bonds. The van der Waals surface area contributed by atoms with Crippen molar-refractivity contribution in [3.8, 4) is 0 Å². The molecule has 1 atom stereocenters. The average molecular weight is 245 g/mol. The fourth-order valence-electron chi connectivity index (χ4n) is 2.49. The largest absolute Gasteiger partial charge is 0.337 e. The molecule has 0 aromatic heterocycles. The third-order valence-corrected chi connectivity index (χ3v) is 4.02. The average Bonchev–Trinajstić information content (AvgIpc) is 2.48. The van der Waals surface area contributed by atoms with E-state index >= 15 is 0 Å². The summed E-state index contributed by atoms with van der Waals surface area (Å²) in [5.74, 6) is 0.340. The van der Waals surface area contributed by atoms with Gasteiger partial charge in [-0.15, -0.1) is 0 Å². The topological polar surface area (TPSA) is 20.3 Å². The number of amides is 1. The molecule has 1 saturated heterocycles. The molecule has 0 radical (unpaired) electrons. The van der Waals surface area contributed by atoms with Gasteiger partial charge in [0.2, 0.25) is 5.91 Å². The van der Waals surface area contributed by atoms with E-state index in [2.05, 4.69) is 39.5 Å². The maximum atomic E-state index is 12.0. The quantitative estimate of drug-likeness (QED) is 0.731. The zero-order chi connectivity index (χ0) is 11.7. The summed E-state index contributed by atoms with van der Waals surface area (Å²) in [6, 6.07) is 0. The van der Waals surface area contributed by atoms with Crippen LogP contribution in [-0.2, 0) is 4.79 Å². The summed E-state index contributed by atoms with van der Waals surface area (Å²) < 4.78 is 0. The van der Waals surface area contributed by atoms with Crippen LogP contribution in [0.25, 0.3) is 0 Å². The van der Waals surface area contributed by atoms with Gasteiger partial charge in [0, 0.05) is 18.5 Å². The molecule has 1 fully saturated rings. The van der Waals surface area contributed by atoms with E-state index in [-0.39, 0.29) is 24.4 Å². The van der Waals surface area contributed by atoms with Crippen molar-refractivity contribution in [3.63, 3.8) is 0 Å². The van der Waals surface area contributed by atoms with Gasteiger partial charge in [-0.05, 0) is 31.6 Å². The van der Waals surface area contributed by atoms with Crippen molar-refractivity contribution in [2.75, 3.05) is 6.54 Å². The van der Waals surface area contributed by atoms with Crippen molar-refractivity contribution in [1.29, 1.82) is 0 Å². The Kier molecular flexibility index (Phi) is 5.37. The molecule has 0 spiro atoms. The maximum Gasteiger partial charge on any atom is 0.223 e. The molecule has 0 aromatic rings. The Balaban J connectivity index is 0.00000225. The zero-order valence-corrected chi connectivity index (χ0v) is 12.4. The number of hydrogen-bond acceptors (Lipinski definition) is 1. The lowest BCUT2D eigenvalue weighted by molar-refractivity contribution is -0.138. The van der Waals surface area contributed by atoms with Gasteiger partial charge in [0.05, 0.1) is 0 Å². The standard InChI is InChI=1S/C13H25NO.H2S/c1-6-8-11(15)14-10-7-9-13(14,5)12(2,3)4;/h6-10H2,1-5H3;1H2/t13-;/m0./s1. The van der Waals surface area contributed by atoms with Crippen LogP contribution in [0.2, 0.25) is 0 Å². The number of likely N-dealkylation sites (tertiary alicyclic amines) is 1. The highest BCUT2D eigenvalue weighted by Crippen LogP contribution is 2.43. The molecule has 0 N–H and O–H groups in total. The normalized spacial score (nSPS) is 25.4. The Morgan fingerprint density at radius 3 is 2.38 bits per heavy atom. The van der Waals surface area contributed by atoms with E-state index in [1.54, 1.807) is 0 Å². The lowest BCUT2D eigenvalue weighted by atomic mass is 9.73. The fraction of sp³-hybridized carbons (Fsp3) is 0.923. The number of rotatable bonds is 2. The zero-order valence-electron chi connectivity index (χ0n) is 11.4. The maximum absolute atomic E-state index is 12.0. The van der Waals surface area contributed by atoms with Crippen LogP contribution in [0.1, 0.15) is 60.3 Å². The second kappa shape index (κ2) is 5.44. The van der Waals surface area contributed by atoms with Gasteiger partial charge in [0.15, 0.2) is 0 Å². The van der Waals surface area contributed by atoms with Crippen molar-refractivity contribution in [1.82, 2.24) is 4.90 Å². The summed E-state index contributed by atoms with van der Waals surface area (Å²) in [6.45, 7) is 12.0. The summed E-state index contributed by atoms with van der Waals surface area (Å²) in [4.78, 5) is 14.2. The Morgan fingerprint density at radius 2 is 1.94 bits per heavy atom. The predicted octanol–water partition coefficient (Wildman–Crippen LogP) is 3.33. The van der Waals surface area contributed by atoms with Gasteiger partial charge in [-0.1, -0.05) is 27.7 Å². The van der Waals surface area contributed by atoms with Crippen LogP contribution in [0, 0.1) is 5.41 Å². The molecule has 1 aliphatic rings. The number of carbonyl (C=O) groups excluding carboxylic acids is 1. The van der Waals surface area contributed by atoms with Crippen LogP contribution < -0.4 is 0 Å². The molecule has 0 bridgehead atoms. The fourth-order valence-corrected chi connectivity index (χ4v) is 2.49. The first kappa shape index (κ1) is 15.8.